The van der Waals surface area contributed by atoms with Crippen LogP contribution in [0.2, 0.25) is 5.02 Å². The SMILES string of the molecule is CSc1cnn(C(C)C(=O)O)c(=O)c1Cl. The molecule has 5 nitrogen and oxygen atoms in total. The number of carboxylic acid groups (broad SMARTS) is 1. The van der Waals surface area contributed by atoms with Crippen molar-refractivity contribution in [2.45, 2.75) is 17.9 Å². The second kappa shape index (κ2) is 4.67. The van der Waals surface area contributed by atoms with E-state index in [1.165, 1.54) is 24.9 Å². The van der Waals surface area contributed by atoms with Crippen molar-refractivity contribution in [3.05, 3.63) is 21.6 Å². The highest BCUT2D eigenvalue weighted by atomic mass is 35.5. The fourth-order valence-corrected chi connectivity index (χ4v) is 1.74. The first-order valence-corrected chi connectivity index (χ1v) is 5.63. The molecule has 1 aromatic rings. The largest absolute Gasteiger partial charge is 0.480 e. The highest BCUT2D eigenvalue weighted by Crippen LogP contribution is 2.20. The highest BCUT2D eigenvalue weighted by Gasteiger charge is 2.18. The number of carbonyl (C=O) groups is 1. The van der Waals surface area contributed by atoms with Crippen LogP contribution in [-0.4, -0.2) is 27.1 Å². The Morgan fingerprint density at radius 1 is 1.73 bits per heavy atom. The first-order valence-electron chi connectivity index (χ1n) is 4.03. The molecule has 0 bridgehead atoms. The minimum atomic E-state index is -1.13. The summed E-state index contributed by atoms with van der Waals surface area (Å²) in [5.74, 6) is -1.13. The van der Waals surface area contributed by atoms with Gasteiger partial charge in [-0.3, -0.25) is 4.79 Å². The zero-order valence-electron chi connectivity index (χ0n) is 8.10. The lowest BCUT2D eigenvalue weighted by molar-refractivity contribution is -0.140. The van der Waals surface area contributed by atoms with Crippen LogP contribution in [0.25, 0.3) is 0 Å². The second-order valence-electron chi connectivity index (χ2n) is 2.79. The number of nitrogens with zero attached hydrogens (tertiary/aromatic N) is 2. The molecule has 0 aliphatic rings. The van der Waals surface area contributed by atoms with Crippen LogP contribution in [0, 0.1) is 0 Å². The van der Waals surface area contributed by atoms with Crippen molar-refractivity contribution in [1.82, 2.24) is 9.78 Å². The molecule has 1 rings (SSSR count). The van der Waals surface area contributed by atoms with Gasteiger partial charge in [-0.25, -0.2) is 9.48 Å². The average Bonchev–Trinajstić information content (AvgIpc) is 2.21. The molecule has 7 heteroatoms. The van der Waals surface area contributed by atoms with E-state index in [2.05, 4.69) is 5.10 Å². The van der Waals surface area contributed by atoms with Gasteiger partial charge >= 0.3 is 5.97 Å². The van der Waals surface area contributed by atoms with Crippen LogP contribution < -0.4 is 5.56 Å². The van der Waals surface area contributed by atoms with Crippen molar-refractivity contribution < 1.29 is 9.90 Å². The number of halogens is 1. The quantitative estimate of drug-likeness (QED) is 0.816. The lowest BCUT2D eigenvalue weighted by Gasteiger charge is -2.10. The molecule has 0 radical (unpaired) electrons. The van der Waals surface area contributed by atoms with Gasteiger partial charge in [0.05, 0.1) is 11.1 Å². The number of thioether (sulfide) groups is 1. The van der Waals surface area contributed by atoms with Gasteiger partial charge in [0.25, 0.3) is 5.56 Å². The Hall–Kier alpha value is -1.01. The molecule has 0 saturated carbocycles. The number of rotatable bonds is 3. The third-order valence-corrected chi connectivity index (χ3v) is 3.08. The van der Waals surface area contributed by atoms with Gasteiger partial charge in [-0.1, -0.05) is 11.6 Å². The standard InChI is InChI=1S/C8H9ClN2O3S/c1-4(8(13)14)11-7(12)6(9)5(15-2)3-10-11/h3-4H,1-2H3,(H,13,14). The first kappa shape index (κ1) is 12.1. The fraction of sp³-hybridized carbons (Fsp3) is 0.375. The van der Waals surface area contributed by atoms with Gasteiger partial charge in [-0.05, 0) is 13.2 Å². The van der Waals surface area contributed by atoms with Gasteiger partial charge in [0.2, 0.25) is 0 Å². The van der Waals surface area contributed by atoms with E-state index in [1.807, 2.05) is 0 Å². The number of carboxylic acids is 1. The van der Waals surface area contributed by atoms with E-state index < -0.39 is 17.6 Å². The van der Waals surface area contributed by atoms with E-state index in [-0.39, 0.29) is 5.02 Å². The maximum Gasteiger partial charge on any atom is 0.328 e. The molecule has 0 saturated heterocycles. The van der Waals surface area contributed by atoms with E-state index in [4.69, 9.17) is 16.7 Å². The predicted octanol–water partition coefficient (Wildman–Crippen LogP) is 1.26. The minimum absolute atomic E-state index is 0.00519. The molecule has 1 atom stereocenters. The summed E-state index contributed by atoms with van der Waals surface area (Å²) in [6.45, 7) is 1.37. The molecule has 0 aliphatic carbocycles. The van der Waals surface area contributed by atoms with Gasteiger partial charge < -0.3 is 5.11 Å². The van der Waals surface area contributed by atoms with Gasteiger partial charge in [-0.15, -0.1) is 11.8 Å². The second-order valence-corrected chi connectivity index (χ2v) is 4.02. The van der Waals surface area contributed by atoms with Crippen molar-refractivity contribution in [3.8, 4) is 0 Å². The number of aromatic nitrogens is 2. The molecule has 0 spiro atoms. The number of hydrogen-bond donors (Lipinski definition) is 1. The summed E-state index contributed by atoms with van der Waals surface area (Å²) >= 11 is 7.04. The fourth-order valence-electron chi connectivity index (χ4n) is 0.953. The first-order chi connectivity index (χ1) is 6.99. The zero-order valence-corrected chi connectivity index (χ0v) is 9.67. The maximum atomic E-state index is 11.6. The van der Waals surface area contributed by atoms with Gasteiger partial charge in [0, 0.05) is 0 Å². The molecule has 1 aromatic heterocycles. The minimum Gasteiger partial charge on any atom is -0.480 e. The zero-order chi connectivity index (χ0) is 11.6. The Balaban J connectivity index is 3.30. The number of hydrogen-bond acceptors (Lipinski definition) is 4. The van der Waals surface area contributed by atoms with Crippen LogP contribution in [0.5, 0.6) is 0 Å². The third kappa shape index (κ3) is 2.32. The number of aliphatic carboxylic acids is 1. The summed E-state index contributed by atoms with van der Waals surface area (Å²) < 4.78 is 0.852. The van der Waals surface area contributed by atoms with Crippen molar-refractivity contribution in [3.63, 3.8) is 0 Å². The Morgan fingerprint density at radius 2 is 2.33 bits per heavy atom. The van der Waals surface area contributed by atoms with Crippen LogP contribution in [0.1, 0.15) is 13.0 Å². The normalized spacial score (nSPS) is 12.5. The average molecular weight is 249 g/mol. The predicted molar refractivity (Wildman–Crippen MR) is 57.6 cm³/mol. The Kier molecular flexibility index (Phi) is 3.76. The summed E-state index contributed by atoms with van der Waals surface area (Å²) in [4.78, 5) is 22.8. The molecule has 15 heavy (non-hydrogen) atoms. The summed E-state index contributed by atoms with van der Waals surface area (Å²) in [6.07, 6.45) is 3.14. The van der Waals surface area contributed by atoms with Crippen molar-refractivity contribution in [1.29, 1.82) is 0 Å². The molecule has 0 aliphatic heterocycles. The van der Waals surface area contributed by atoms with Crippen molar-refractivity contribution in [2.24, 2.45) is 0 Å². The van der Waals surface area contributed by atoms with E-state index >= 15 is 0 Å². The third-order valence-electron chi connectivity index (χ3n) is 1.86. The maximum absolute atomic E-state index is 11.6. The Morgan fingerprint density at radius 3 is 2.80 bits per heavy atom. The molecule has 1 heterocycles. The van der Waals surface area contributed by atoms with Gasteiger partial charge in [0.1, 0.15) is 5.02 Å². The van der Waals surface area contributed by atoms with Crippen LogP contribution in [0.3, 0.4) is 0 Å². The van der Waals surface area contributed by atoms with Crippen LogP contribution in [0.15, 0.2) is 15.9 Å². The molecule has 0 fully saturated rings. The smallest absolute Gasteiger partial charge is 0.328 e. The molecule has 0 amide bonds. The van der Waals surface area contributed by atoms with E-state index in [0.29, 0.717) is 4.90 Å². The molecule has 82 valence electrons. The van der Waals surface area contributed by atoms with Crippen molar-refractivity contribution >= 4 is 29.3 Å². The summed E-state index contributed by atoms with van der Waals surface area (Å²) in [5.41, 5.74) is -0.585. The van der Waals surface area contributed by atoms with Crippen molar-refractivity contribution in [2.75, 3.05) is 6.26 Å². The summed E-state index contributed by atoms with van der Waals surface area (Å²) in [6, 6.07) is -1.02. The van der Waals surface area contributed by atoms with Crippen LogP contribution in [0.4, 0.5) is 0 Å². The van der Waals surface area contributed by atoms with Gasteiger partial charge in [-0.2, -0.15) is 5.10 Å². The van der Waals surface area contributed by atoms with E-state index in [1.54, 1.807) is 6.26 Å². The van der Waals surface area contributed by atoms with Gasteiger partial charge in [0.15, 0.2) is 6.04 Å². The Bertz CT molecular complexity index is 446. The van der Waals surface area contributed by atoms with E-state index in [0.717, 1.165) is 4.68 Å². The monoisotopic (exact) mass is 248 g/mol. The van der Waals surface area contributed by atoms with Crippen LogP contribution in [-0.2, 0) is 4.79 Å². The molecular weight excluding hydrogens is 240 g/mol. The van der Waals surface area contributed by atoms with E-state index in [9.17, 15) is 9.59 Å². The topological polar surface area (TPSA) is 72.2 Å². The Labute approximate surface area is 95.1 Å². The molecular formula is C8H9ClN2O3S. The van der Waals surface area contributed by atoms with Crippen LogP contribution >= 0.6 is 23.4 Å². The summed E-state index contributed by atoms with van der Waals surface area (Å²) in [5, 5.41) is 12.5. The summed E-state index contributed by atoms with van der Waals surface area (Å²) in [7, 11) is 0. The molecule has 1 N–H and O–H groups in total. The molecule has 1 unspecified atom stereocenters. The molecule has 0 aromatic carbocycles. The highest BCUT2D eigenvalue weighted by molar-refractivity contribution is 7.98. The lowest BCUT2D eigenvalue weighted by atomic mass is 10.3. The lowest BCUT2D eigenvalue weighted by Crippen LogP contribution is -2.30.